The molecule has 1 N–H and O–H groups in total. The van der Waals surface area contributed by atoms with Crippen molar-refractivity contribution in [1.29, 1.82) is 0 Å². The third-order valence-corrected chi connectivity index (χ3v) is 5.86. The van der Waals surface area contributed by atoms with Crippen LogP contribution in [0.5, 0.6) is 0 Å². The van der Waals surface area contributed by atoms with Crippen LogP contribution in [0.15, 0.2) is 28.7 Å². The van der Waals surface area contributed by atoms with E-state index in [-0.39, 0.29) is 17.0 Å². The summed E-state index contributed by atoms with van der Waals surface area (Å²) >= 11 is 3.45. The molecule has 1 fully saturated rings. The fourth-order valence-electron chi connectivity index (χ4n) is 1.85. The Labute approximate surface area is 104 Å². The molecule has 1 aliphatic rings. The van der Waals surface area contributed by atoms with Crippen molar-refractivity contribution in [3.8, 4) is 0 Å². The Bertz CT molecular complexity index is 487. The third-order valence-electron chi connectivity index (χ3n) is 2.94. The van der Waals surface area contributed by atoms with Gasteiger partial charge in [0.15, 0.2) is 9.84 Å². The van der Waals surface area contributed by atoms with Crippen LogP contribution in [0.25, 0.3) is 0 Å². The van der Waals surface area contributed by atoms with E-state index in [0.29, 0.717) is 6.54 Å². The number of halogens is 1. The molecule has 2 atom stereocenters. The van der Waals surface area contributed by atoms with Crippen LogP contribution in [0.4, 0.5) is 0 Å². The standard InChI is InChI=1S/C11H14BrNO2S/c1-8-6-13-11(7-16(8,14)15)9-4-2-3-5-10(9)12/h2-5,8,11,13H,6-7H2,1H3. The van der Waals surface area contributed by atoms with E-state index in [1.807, 2.05) is 24.3 Å². The van der Waals surface area contributed by atoms with Crippen LogP contribution in [0.1, 0.15) is 18.5 Å². The van der Waals surface area contributed by atoms with Gasteiger partial charge in [-0.05, 0) is 18.6 Å². The van der Waals surface area contributed by atoms with Gasteiger partial charge in [0, 0.05) is 17.1 Å². The highest BCUT2D eigenvalue weighted by molar-refractivity contribution is 9.10. The lowest BCUT2D eigenvalue weighted by Gasteiger charge is -2.28. The van der Waals surface area contributed by atoms with Crippen LogP contribution in [0, 0.1) is 0 Å². The van der Waals surface area contributed by atoms with Crippen molar-refractivity contribution < 1.29 is 8.42 Å². The lowest BCUT2D eigenvalue weighted by atomic mass is 10.1. The zero-order valence-electron chi connectivity index (χ0n) is 8.98. The minimum absolute atomic E-state index is 0.100. The summed E-state index contributed by atoms with van der Waals surface area (Å²) in [6.45, 7) is 2.27. The van der Waals surface area contributed by atoms with E-state index >= 15 is 0 Å². The molecule has 2 rings (SSSR count). The molecule has 1 aromatic carbocycles. The average molecular weight is 304 g/mol. The quantitative estimate of drug-likeness (QED) is 0.862. The van der Waals surface area contributed by atoms with Crippen LogP contribution in [-0.2, 0) is 9.84 Å². The molecule has 0 saturated carbocycles. The van der Waals surface area contributed by atoms with E-state index in [0.717, 1.165) is 10.0 Å². The van der Waals surface area contributed by atoms with Gasteiger partial charge in [-0.3, -0.25) is 0 Å². The minimum Gasteiger partial charge on any atom is -0.308 e. The zero-order chi connectivity index (χ0) is 11.8. The topological polar surface area (TPSA) is 46.2 Å². The fourth-order valence-corrected chi connectivity index (χ4v) is 3.85. The van der Waals surface area contributed by atoms with Gasteiger partial charge >= 0.3 is 0 Å². The molecular weight excluding hydrogens is 290 g/mol. The molecule has 0 aromatic heterocycles. The van der Waals surface area contributed by atoms with Crippen LogP contribution < -0.4 is 5.32 Å². The molecule has 0 radical (unpaired) electrons. The molecule has 5 heteroatoms. The van der Waals surface area contributed by atoms with Crippen LogP contribution >= 0.6 is 15.9 Å². The van der Waals surface area contributed by atoms with Crippen LogP contribution in [0.3, 0.4) is 0 Å². The maximum absolute atomic E-state index is 11.8. The molecule has 1 heterocycles. The summed E-state index contributed by atoms with van der Waals surface area (Å²) < 4.78 is 24.6. The normalized spacial score (nSPS) is 28.9. The number of hydrogen-bond acceptors (Lipinski definition) is 3. The highest BCUT2D eigenvalue weighted by Gasteiger charge is 2.32. The van der Waals surface area contributed by atoms with E-state index < -0.39 is 9.84 Å². The second kappa shape index (κ2) is 4.47. The molecule has 1 saturated heterocycles. The van der Waals surface area contributed by atoms with Gasteiger partial charge < -0.3 is 5.32 Å². The Hall–Kier alpha value is -0.390. The van der Waals surface area contributed by atoms with Crippen molar-refractivity contribution in [3.63, 3.8) is 0 Å². The van der Waals surface area contributed by atoms with Gasteiger partial charge in [-0.1, -0.05) is 34.1 Å². The van der Waals surface area contributed by atoms with Crippen LogP contribution in [-0.4, -0.2) is 26.0 Å². The minimum atomic E-state index is -2.96. The first-order valence-electron chi connectivity index (χ1n) is 5.20. The smallest absolute Gasteiger partial charge is 0.156 e. The highest BCUT2D eigenvalue weighted by Crippen LogP contribution is 2.27. The summed E-state index contributed by atoms with van der Waals surface area (Å²) in [5.74, 6) is 0.177. The molecule has 1 aromatic rings. The number of benzene rings is 1. The molecule has 0 spiro atoms. The molecule has 1 aliphatic heterocycles. The second-order valence-corrected chi connectivity index (χ2v) is 7.44. The van der Waals surface area contributed by atoms with Gasteiger partial charge in [-0.2, -0.15) is 0 Å². The maximum Gasteiger partial charge on any atom is 0.156 e. The summed E-state index contributed by atoms with van der Waals surface area (Å²) in [7, 11) is -2.96. The summed E-state index contributed by atoms with van der Waals surface area (Å²) in [5.41, 5.74) is 1.01. The van der Waals surface area contributed by atoms with Crippen LogP contribution in [0.2, 0.25) is 0 Å². The number of nitrogens with one attached hydrogen (secondary N) is 1. The SMILES string of the molecule is CC1CNC(c2ccccc2Br)CS1(=O)=O. The van der Waals surface area contributed by atoms with E-state index in [4.69, 9.17) is 0 Å². The molecule has 0 amide bonds. The first-order chi connectivity index (χ1) is 7.50. The highest BCUT2D eigenvalue weighted by atomic mass is 79.9. The largest absolute Gasteiger partial charge is 0.308 e. The molecule has 0 aliphatic carbocycles. The van der Waals surface area contributed by atoms with Crippen molar-refractivity contribution in [2.45, 2.75) is 18.2 Å². The fraction of sp³-hybridized carbons (Fsp3) is 0.455. The average Bonchev–Trinajstić information content (AvgIpc) is 2.23. The van der Waals surface area contributed by atoms with Gasteiger partial charge in [0.2, 0.25) is 0 Å². The third kappa shape index (κ3) is 2.31. The molecule has 2 unspecified atom stereocenters. The summed E-state index contributed by atoms with van der Waals surface area (Å²) in [6, 6.07) is 7.63. The molecule has 0 bridgehead atoms. The van der Waals surface area contributed by atoms with Crippen molar-refractivity contribution in [2.24, 2.45) is 0 Å². The van der Waals surface area contributed by atoms with Crippen molar-refractivity contribution >= 4 is 25.8 Å². The number of hydrogen-bond donors (Lipinski definition) is 1. The monoisotopic (exact) mass is 303 g/mol. The number of rotatable bonds is 1. The van der Waals surface area contributed by atoms with Gasteiger partial charge in [-0.15, -0.1) is 0 Å². The van der Waals surface area contributed by atoms with Gasteiger partial charge in [-0.25, -0.2) is 8.42 Å². The van der Waals surface area contributed by atoms with E-state index in [9.17, 15) is 8.42 Å². The summed E-state index contributed by atoms with van der Waals surface area (Å²) in [5, 5.41) is 2.99. The van der Waals surface area contributed by atoms with Crippen molar-refractivity contribution in [3.05, 3.63) is 34.3 Å². The molecular formula is C11H14BrNO2S. The Balaban J connectivity index is 2.28. The molecule has 3 nitrogen and oxygen atoms in total. The van der Waals surface area contributed by atoms with E-state index in [1.54, 1.807) is 6.92 Å². The first-order valence-corrected chi connectivity index (χ1v) is 7.71. The summed E-state index contributed by atoms with van der Waals surface area (Å²) in [6.07, 6.45) is 0. The summed E-state index contributed by atoms with van der Waals surface area (Å²) in [4.78, 5) is 0. The van der Waals surface area contributed by atoms with Gasteiger partial charge in [0.25, 0.3) is 0 Å². The number of sulfone groups is 1. The maximum atomic E-state index is 11.8. The Morgan fingerprint density at radius 3 is 2.69 bits per heavy atom. The predicted molar refractivity (Wildman–Crippen MR) is 68.1 cm³/mol. The second-order valence-electron chi connectivity index (χ2n) is 4.12. The lowest BCUT2D eigenvalue weighted by molar-refractivity contribution is 0.501. The zero-order valence-corrected chi connectivity index (χ0v) is 11.4. The van der Waals surface area contributed by atoms with Gasteiger partial charge in [0.1, 0.15) is 0 Å². The van der Waals surface area contributed by atoms with Crippen molar-refractivity contribution in [2.75, 3.05) is 12.3 Å². The molecule has 16 heavy (non-hydrogen) atoms. The Kier molecular flexibility index (Phi) is 3.37. The Morgan fingerprint density at radius 1 is 1.38 bits per heavy atom. The lowest BCUT2D eigenvalue weighted by Crippen LogP contribution is -2.44. The van der Waals surface area contributed by atoms with Gasteiger partial charge in [0.05, 0.1) is 11.0 Å². The van der Waals surface area contributed by atoms with E-state index in [1.165, 1.54) is 0 Å². The Morgan fingerprint density at radius 2 is 2.06 bits per heavy atom. The predicted octanol–water partition coefficient (Wildman–Crippen LogP) is 1.90. The van der Waals surface area contributed by atoms with E-state index in [2.05, 4.69) is 21.2 Å². The first kappa shape index (κ1) is 12.1. The van der Waals surface area contributed by atoms with Crippen molar-refractivity contribution in [1.82, 2.24) is 5.32 Å². The molecule has 88 valence electrons.